The first-order chi connectivity index (χ1) is 8.95. The molecule has 1 aromatic carbocycles. The largest absolute Gasteiger partial charge is 0.296 e. The number of hydrogen-bond acceptors (Lipinski definition) is 1. The molecule has 19 heavy (non-hydrogen) atoms. The summed E-state index contributed by atoms with van der Waals surface area (Å²) in [5, 5.41) is 0. The third kappa shape index (κ3) is 6.37. The highest BCUT2D eigenvalue weighted by molar-refractivity contribution is 5.80. The molecule has 1 heteroatoms. The van der Waals surface area contributed by atoms with E-state index in [1.165, 1.54) is 16.7 Å². The predicted molar refractivity (Wildman–Crippen MR) is 88.2 cm³/mol. The van der Waals surface area contributed by atoms with E-state index in [0.717, 1.165) is 6.42 Å². The molecule has 0 spiro atoms. The Labute approximate surface area is 119 Å². The molecule has 0 fully saturated rings. The second-order valence-electron chi connectivity index (χ2n) is 5.43. The van der Waals surface area contributed by atoms with Gasteiger partial charge in [-0.2, -0.15) is 0 Å². The third-order valence-electron chi connectivity index (χ3n) is 2.94. The number of aryl methyl sites for hydroxylation is 1. The van der Waals surface area contributed by atoms with Crippen LogP contribution in [-0.4, -0.2) is 13.3 Å². The van der Waals surface area contributed by atoms with Crippen molar-refractivity contribution in [2.45, 2.75) is 48.0 Å². The molecule has 0 aliphatic heterocycles. The monoisotopic (exact) mass is 259 g/mol. The van der Waals surface area contributed by atoms with Gasteiger partial charge >= 0.3 is 0 Å². The summed E-state index contributed by atoms with van der Waals surface area (Å²) in [5.41, 5.74) is 4.19. The van der Waals surface area contributed by atoms with Gasteiger partial charge in [-0.25, -0.2) is 0 Å². The predicted octanol–water partition coefficient (Wildman–Crippen LogP) is 5.24. The third-order valence-corrected chi connectivity index (χ3v) is 2.94. The zero-order chi connectivity index (χ0) is 14.9. The average molecular weight is 259 g/mol. The molecule has 0 heterocycles. The van der Waals surface area contributed by atoms with Crippen molar-refractivity contribution >= 4 is 6.21 Å². The second-order valence-corrected chi connectivity index (χ2v) is 5.43. The van der Waals surface area contributed by atoms with Crippen molar-refractivity contribution in [3.05, 3.63) is 47.0 Å². The molecule has 106 valence electrons. The Morgan fingerprint density at radius 1 is 1.16 bits per heavy atom. The van der Waals surface area contributed by atoms with Crippen LogP contribution in [0.2, 0.25) is 0 Å². The number of nitrogens with zero attached hydrogens (tertiary/aromatic N) is 1. The molecule has 1 rings (SSSR count). The summed E-state index contributed by atoms with van der Waals surface area (Å²) in [6.07, 6.45) is 5.24. The minimum atomic E-state index is 0.155. The van der Waals surface area contributed by atoms with Gasteiger partial charge in [-0.3, -0.25) is 4.99 Å². The van der Waals surface area contributed by atoms with Crippen LogP contribution in [0.3, 0.4) is 0 Å². The van der Waals surface area contributed by atoms with Crippen LogP contribution in [0, 0.1) is 12.3 Å². The normalized spacial score (nSPS) is 12.3. The van der Waals surface area contributed by atoms with E-state index in [-0.39, 0.29) is 5.41 Å². The van der Waals surface area contributed by atoms with Crippen molar-refractivity contribution in [2.75, 3.05) is 7.05 Å². The first kappa shape index (κ1) is 17.6. The molecule has 0 N–H and O–H groups in total. The van der Waals surface area contributed by atoms with Gasteiger partial charge in [-0.15, -0.1) is 0 Å². The maximum absolute atomic E-state index is 4.14. The summed E-state index contributed by atoms with van der Waals surface area (Å²) in [5.74, 6) is 0. The second kappa shape index (κ2) is 8.68. The summed E-state index contributed by atoms with van der Waals surface area (Å²) >= 11 is 0. The SMILES string of the molecule is CC.CN=C/C(=C\Cc1ccccc1C)C(C)(C)C. The quantitative estimate of drug-likeness (QED) is 0.658. The summed E-state index contributed by atoms with van der Waals surface area (Å²) in [7, 11) is 1.83. The molecule has 0 aliphatic carbocycles. The standard InChI is InChI=1S/C16H23N.C2H6/c1-13-8-6-7-9-14(13)10-11-15(12-17-5)16(2,3)4;1-2/h6-9,11-12H,10H2,1-5H3;1-2H3/b15-11+,17-12?;. The van der Waals surface area contributed by atoms with Gasteiger partial charge in [0.15, 0.2) is 0 Å². The van der Waals surface area contributed by atoms with Crippen LogP contribution in [0.1, 0.15) is 45.7 Å². The van der Waals surface area contributed by atoms with E-state index in [4.69, 9.17) is 0 Å². The Balaban J connectivity index is 0.00000154. The summed E-state index contributed by atoms with van der Waals surface area (Å²) in [4.78, 5) is 4.14. The van der Waals surface area contributed by atoms with Crippen LogP contribution in [0.4, 0.5) is 0 Å². The molecule has 0 atom stereocenters. The molecule has 0 amide bonds. The molecule has 0 aliphatic rings. The Morgan fingerprint density at radius 3 is 2.21 bits per heavy atom. The topological polar surface area (TPSA) is 12.4 Å². The number of allylic oxidation sites excluding steroid dienone is 2. The van der Waals surface area contributed by atoms with E-state index < -0.39 is 0 Å². The highest BCUT2D eigenvalue weighted by atomic mass is 14.6. The average Bonchev–Trinajstić information content (AvgIpc) is 2.37. The molecule has 0 aromatic heterocycles. The number of benzene rings is 1. The zero-order valence-corrected chi connectivity index (χ0v) is 13.6. The Hall–Kier alpha value is -1.37. The van der Waals surface area contributed by atoms with Crippen LogP contribution in [-0.2, 0) is 6.42 Å². The van der Waals surface area contributed by atoms with Gasteiger partial charge in [0.1, 0.15) is 0 Å². The Bertz CT molecular complexity index is 420. The van der Waals surface area contributed by atoms with Crippen LogP contribution in [0.25, 0.3) is 0 Å². The number of rotatable bonds is 3. The van der Waals surface area contributed by atoms with E-state index in [1.54, 1.807) is 0 Å². The van der Waals surface area contributed by atoms with Gasteiger partial charge in [0, 0.05) is 13.3 Å². The fraction of sp³-hybridized carbons (Fsp3) is 0.500. The number of aliphatic imine (C=N–C) groups is 1. The summed E-state index contributed by atoms with van der Waals surface area (Å²) in [6.45, 7) is 12.8. The van der Waals surface area contributed by atoms with Gasteiger partial charge in [-0.1, -0.05) is 65.0 Å². The van der Waals surface area contributed by atoms with Crippen molar-refractivity contribution in [1.82, 2.24) is 0 Å². The Morgan fingerprint density at radius 2 is 1.74 bits per heavy atom. The molecule has 0 saturated heterocycles. The molecule has 0 bridgehead atoms. The first-order valence-corrected chi connectivity index (χ1v) is 7.12. The van der Waals surface area contributed by atoms with Crippen molar-refractivity contribution < 1.29 is 0 Å². The van der Waals surface area contributed by atoms with Crippen LogP contribution < -0.4 is 0 Å². The minimum absolute atomic E-state index is 0.155. The van der Waals surface area contributed by atoms with Gasteiger partial charge in [0.05, 0.1) is 0 Å². The van der Waals surface area contributed by atoms with E-state index in [0.29, 0.717) is 0 Å². The van der Waals surface area contributed by atoms with E-state index in [1.807, 2.05) is 27.1 Å². The molecule has 0 radical (unpaired) electrons. The Kier molecular flexibility index (Phi) is 8.06. The van der Waals surface area contributed by atoms with Crippen molar-refractivity contribution in [3.63, 3.8) is 0 Å². The van der Waals surface area contributed by atoms with E-state index in [2.05, 4.69) is 63.0 Å². The zero-order valence-electron chi connectivity index (χ0n) is 13.6. The lowest BCUT2D eigenvalue weighted by Crippen LogP contribution is -2.11. The smallest absolute Gasteiger partial charge is 0.0277 e. The number of hydrogen-bond donors (Lipinski definition) is 0. The summed E-state index contributed by atoms with van der Waals surface area (Å²) < 4.78 is 0. The van der Waals surface area contributed by atoms with Crippen molar-refractivity contribution in [1.29, 1.82) is 0 Å². The van der Waals surface area contributed by atoms with Crippen LogP contribution in [0.15, 0.2) is 40.9 Å². The summed E-state index contributed by atoms with van der Waals surface area (Å²) in [6, 6.07) is 8.53. The maximum atomic E-state index is 4.14. The lowest BCUT2D eigenvalue weighted by molar-refractivity contribution is 0.525. The molecular weight excluding hydrogens is 230 g/mol. The van der Waals surface area contributed by atoms with E-state index in [9.17, 15) is 0 Å². The van der Waals surface area contributed by atoms with E-state index >= 15 is 0 Å². The molecule has 1 aromatic rings. The first-order valence-electron chi connectivity index (χ1n) is 7.12. The lowest BCUT2D eigenvalue weighted by atomic mass is 9.86. The van der Waals surface area contributed by atoms with Gasteiger partial charge in [0.2, 0.25) is 0 Å². The van der Waals surface area contributed by atoms with Gasteiger partial charge < -0.3 is 0 Å². The van der Waals surface area contributed by atoms with Crippen molar-refractivity contribution in [3.8, 4) is 0 Å². The van der Waals surface area contributed by atoms with Gasteiger partial charge in [0.25, 0.3) is 0 Å². The van der Waals surface area contributed by atoms with Crippen LogP contribution >= 0.6 is 0 Å². The fourth-order valence-electron chi connectivity index (χ4n) is 1.75. The van der Waals surface area contributed by atoms with Crippen molar-refractivity contribution in [2.24, 2.45) is 10.4 Å². The van der Waals surface area contributed by atoms with Crippen LogP contribution in [0.5, 0.6) is 0 Å². The fourth-order valence-corrected chi connectivity index (χ4v) is 1.75. The molecule has 1 nitrogen and oxygen atoms in total. The molecule has 0 saturated carbocycles. The highest BCUT2D eigenvalue weighted by Gasteiger charge is 2.14. The highest BCUT2D eigenvalue weighted by Crippen LogP contribution is 2.24. The molecule has 0 unspecified atom stereocenters. The van der Waals surface area contributed by atoms with Gasteiger partial charge in [-0.05, 0) is 35.5 Å². The molecular formula is C18H29N. The lowest BCUT2D eigenvalue weighted by Gasteiger charge is -2.20. The maximum Gasteiger partial charge on any atom is 0.0277 e. The minimum Gasteiger partial charge on any atom is -0.296 e.